The Hall–Kier alpha value is -1.71. The summed E-state index contributed by atoms with van der Waals surface area (Å²) in [7, 11) is -3.73. The molecule has 1 saturated heterocycles. The van der Waals surface area contributed by atoms with Crippen LogP contribution in [0.1, 0.15) is 26.7 Å². The zero-order valence-corrected chi connectivity index (χ0v) is 14.7. The molecule has 0 aliphatic carbocycles. The summed E-state index contributed by atoms with van der Waals surface area (Å²) in [5.74, 6) is 0. The summed E-state index contributed by atoms with van der Waals surface area (Å²) in [6, 6.07) is 3.97. The zero-order valence-electron chi connectivity index (χ0n) is 13.9. The standard InChI is InChI=1S/C15H23N3O5S/c1-3-17(4-2)24(21,22)13-7-8-14(15(10-13)18(19)20)16-11-12-6-5-9-23-12/h7-8,10,12,16H,3-6,9,11H2,1-2H3/t12-/m1/s1. The van der Waals surface area contributed by atoms with E-state index in [9.17, 15) is 18.5 Å². The number of anilines is 1. The first kappa shape index (κ1) is 18.6. The van der Waals surface area contributed by atoms with E-state index in [1.54, 1.807) is 13.8 Å². The largest absolute Gasteiger partial charge is 0.377 e. The van der Waals surface area contributed by atoms with Crippen LogP contribution in [0.15, 0.2) is 23.1 Å². The number of hydrogen-bond acceptors (Lipinski definition) is 6. The summed E-state index contributed by atoms with van der Waals surface area (Å²) in [4.78, 5) is 10.7. The number of sulfonamides is 1. The third-order valence-corrected chi connectivity index (χ3v) is 6.10. The molecule has 134 valence electrons. The van der Waals surface area contributed by atoms with Crippen molar-refractivity contribution in [2.24, 2.45) is 0 Å². The van der Waals surface area contributed by atoms with Crippen molar-refractivity contribution in [3.63, 3.8) is 0 Å². The zero-order chi connectivity index (χ0) is 17.7. The first-order valence-corrected chi connectivity index (χ1v) is 9.48. The summed E-state index contributed by atoms with van der Waals surface area (Å²) < 4.78 is 31.8. The molecule has 24 heavy (non-hydrogen) atoms. The molecule has 1 fully saturated rings. The Morgan fingerprint density at radius 3 is 2.62 bits per heavy atom. The molecule has 0 radical (unpaired) electrons. The van der Waals surface area contributed by atoms with Crippen molar-refractivity contribution >= 4 is 21.4 Å². The highest BCUT2D eigenvalue weighted by Crippen LogP contribution is 2.29. The highest BCUT2D eigenvalue weighted by atomic mass is 32.2. The molecule has 1 aliphatic rings. The van der Waals surface area contributed by atoms with Crippen molar-refractivity contribution in [2.75, 3.05) is 31.6 Å². The molecule has 1 aromatic rings. The fourth-order valence-electron chi connectivity index (χ4n) is 2.71. The molecule has 0 spiro atoms. The molecule has 2 rings (SSSR count). The molecule has 0 unspecified atom stereocenters. The maximum Gasteiger partial charge on any atom is 0.293 e. The van der Waals surface area contributed by atoms with E-state index in [0.717, 1.165) is 18.9 Å². The minimum Gasteiger partial charge on any atom is -0.377 e. The predicted octanol–water partition coefficient (Wildman–Crippen LogP) is 2.22. The summed E-state index contributed by atoms with van der Waals surface area (Å²) in [5, 5.41) is 14.3. The molecule has 8 nitrogen and oxygen atoms in total. The molecule has 9 heteroatoms. The van der Waals surface area contributed by atoms with Crippen LogP contribution in [0.3, 0.4) is 0 Å². The van der Waals surface area contributed by atoms with Gasteiger partial charge in [-0.05, 0) is 25.0 Å². The topological polar surface area (TPSA) is 102 Å². The first-order chi connectivity index (χ1) is 11.4. The smallest absolute Gasteiger partial charge is 0.293 e. The second-order valence-corrected chi connectivity index (χ2v) is 7.48. The van der Waals surface area contributed by atoms with Gasteiger partial charge in [0.15, 0.2) is 0 Å². The number of nitrogens with zero attached hydrogens (tertiary/aromatic N) is 2. The van der Waals surface area contributed by atoms with Gasteiger partial charge in [-0.15, -0.1) is 0 Å². The van der Waals surface area contributed by atoms with Gasteiger partial charge in [0.1, 0.15) is 5.69 Å². The SMILES string of the molecule is CCN(CC)S(=O)(=O)c1ccc(NC[C@H]2CCCO2)c([N+](=O)[O-])c1. The van der Waals surface area contributed by atoms with Gasteiger partial charge in [0, 0.05) is 32.3 Å². The monoisotopic (exact) mass is 357 g/mol. The number of benzene rings is 1. The van der Waals surface area contributed by atoms with E-state index in [1.807, 2.05) is 0 Å². The average Bonchev–Trinajstić information content (AvgIpc) is 3.07. The van der Waals surface area contributed by atoms with Gasteiger partial charge in [0.2, 0.25) is 10.0 Å². The van der Waals surface area contributed by atoms with Crippen LogP contribution in [-0.4, -0.2) is 50.0 Å². The summed E-state index contributed by atoms with van der Waals surface area (Å²) in [6.45, 7) is 5.25. The molecule has 1 aliphatic heterocycles. The lowest BCUT2D eigenvalue weighted by Gasteiger charge is -2.19. The molecule has 0 amide bonds. The fourth-order valence-corrected chi connectivity index (χ4v) is 4.19. The van der Waals surface area contributed by atoms with E-state index in [4.69, 9.17) is 4.74 Å². The van der Waals surface area contributed by atoms with Crippen molar-refractivity contribution in [3.8, 4) is 0 Å². The molecule has 1 heterocycles. The Labute approximate surface area is 142 Å². The summed E-state index contributed by atoms with van der Waals surface area (Å²) in [5.41, 5.74) is 0.0511. The van der Waals surface area contributed by atoms with Crippen LogP contribution in [-0.2, 0) is 14.8 Å². The van der Waals surface area contributed by atoms with Crippen LogP contribution < -0.4 is 5.32 Å². The highest BCUT2D eigenvalue weighted by molar-refractivity contribution is 7.89. The van der Waals surface area contributed by atoms with Crippen LogP contribution in [0.5, 0.6) is 0 Å². The Morgan fingerprint density at radius 2 is 2.08 bits per heavy atom. The molecular formula is C15H23N3O5S. The van der Waals surface area contributed by atoms with Crippen molar-refractivity contribution in [1.29, 1.82) is 0 Å². The quantitative estimate of drug-likeness (QED) is 0.565. The van der Waals surface area contributed by atoms with Gasteiger partial charge >= 0.3 is 0 Å². The molecule has 0 saturated carbocycles. The van der Waals surface area contributed by atoms with E-state index >= 15 is 0 Å². The molecule has 0 bridgehead atoms. The van der Waals surface area contributed by atoms with Crippen molar-refractivity contribution in [1.82, 2.24) is 4.31 Å². The molecule has 1 N–H and O–H groups in total. The molecule has 1 aromatic carbocycles. The molecule has 1 atom stereocenters. The number of rotatable bonds is 8. The number of hydrogen-bond donors (Lipinski definition) is 1. The lowest BCUT2D eigenvalue weighted by molar-refractivity contribution is -0.384. The van der Waals surface area contributed by atoms with Gasteiger partial charge < -0.3 is 10.1 Å². The van der Waals surface area contributed by atoms with Gasteiger partial charge in [0.25, 0.3) is 5.69 Å². The number of nitrogens with one attached hydrogen (secondary N) is 1. The van der Waals surface area contributed by atoms with Crippen LogP contribution in [0.2, 0.25) is 0 Å². The third-order valence-electron chi connectivity index (χ3n) is 4.05. The van der Waals surface area contributed by atoms with Crippen molar-refractivity contribution in [2.45, 2.75) is 37.7 Å². The van der Waals surface area contributed by atoms with Crippen molar-refractivity contribution in [3.05, 3.63) is 28.3 Å². The highest BCUT2D eigenvalue weighted by Gasteiger charge is 2.26. The maximum atomic E-state index is 12.5. The van der Waals surface area contributed by atoms with Gasteiger partial charge in [0.05, 0.1) is 15.9 Å². The van der Waals surface area contributed by atoms with Gasteiger partial charge in [-0.2, -0.15) is 4.31 Å². The lowest BCUT2D eigenvalue weighted by Crippen LogP contribution is -2.30. The normalized spacial score (nSPS) is 18.0. The first-order valence-electron chi connectivity index (χ1n) is 8.04. The average molecular weight is 357 g/mol. The van der Waals surface area contributed by atoms with Gasteiger partial charge in [-0.3, -0.25) is 10.1 Å². The van der Waals surface area contributed by atoms with Gasteiger partial charge in [-0.25, -0.2) is 8.42 Å². The van der Waals surface area contributed by atoms with Crippen LogP contribution in [0.4, 0.5) is 11.4 Å². The van der Waals surface area contributed by atoms with E-state index in [-0.39, 0.29) is 16.7 Å². The number of ether oxygens (including phenoxy) is 1. The molecule has 0 aromatic heterocycles. The Bertz CT molecular complexity index is 682. The minimum absolute atomic E-state index is 0.0312. The van der Waals surface area contributed by atoms with E-state index in [0.29, 0.717) is 31.9 Å². The Balaban J connectivity index is 2.27. The Kier molecular flexibility index (Phi) is 6.14. The summed E-state index contributed by atoms with van der Waals surface area (Å²) >= 11 is 0. The lowest BCUT2D eigenvalue weighted by atomic mass is 10.2. The second kappa shape index (κ2) is 7.91. The number of nitro groups is 1. The Morgan fingerprint density at radius 1 is 1.38 bits per heavy atom. The van der Waals surface area contributed by atoms with Crippen LogP contribution in [0.25, 0.3) is 0 Å². The van der Waals surface area contributed by atoms with E-state index in [2.05, 4.69) is 5.32 Å². The number of nitro benzene ring substituents is 1. The van der Waals surface area contributed by atoms with E-state index < -0.39 is 14.9 Å². The van der Waals surface area contributed by atoms with Crippen molar-refractivity contribution < 1.29 is 18.1 Å². The second-order valence-electron chi connectivity index (χ2n) is 5.54. The maximum absolute atomic E-state index is 12.5. The minimum atomic E-state index is -3.73. The fraction of sp³-hybridized carbons (Fsp3) is 0.600. The predicted molar refractivity (Wildman–Crippen MR) is 90.7 cm³/mol. The third kappa shape index (κ3) is 4.03. The van der Waals surface area contributed by atoms with Crippen LogP contribution in [0, 0.1) is 10.1 Å². The van der Waals surface area contributed by atoms with Gasteiger partial charge in [-0.1, -0.05) is 13.8 Å². The summed E-state index contributed by atoms with van der Waals surface area (Å²) in [6.07, 6.45) is 1.92. The molecular weight excluding hydrogens is 334 g/mol. The van der Waals surface area contributed by atoms with Crippen LogP contribution >= 0.6 is 0 Å². The van der Waals surface area contributed by atoms with E-state index in [1.165, 1.54) is 16.4 Å².